The van der Waals surface area contributed by atoms with Crippen molar-refractivity contribution >= 4 is 22.2 Å². The summed E-state index contributed by atoms with van der Waals surface area (Å²) in [4.78, 5) is 13.5. The Morgan fingerprint density at radius 3 is 2.50 bits per heavy atom. The third kappa shape index (κ3) is 3.13. The molecule has 0 aliphatic carbocycles. The smallest absolute Gasteiger partial charge is 0.171 e. The molecule has 0 bridgehead atoms. The minimum Gasteiger partial charge on any atom is -0.492 e. The molecule has 6 heteroatoms. The average Bonchev–Trinajstić information content (AvgIpc) is 2.49. The SMILES string of the molecule is COc1c(C=O)cc(Br)c(CN2CCNCC2)c1OC. The summed E-state index contributed by atoms with van der Waals surface area (Å²) in [6.45, 7) is 4.73. The highest BCUT2D eigenvalue weighted by Gasteiger charge is 2.21. The number of nitrogens with one attached hydrogen (secondary N) is 1. The van der Waals surface area contributed by atoms with Crippen LogP contribution in [-0.2, 0) is 6.54 Å². The van der Waals surface area contributed by atoms with Crippen LogP contribution in [0.5, 0.6) is 11.5 Å². The third-order valence-corrected chi connectivity index (χ3v) is 4.15. The summed E-state index contributed by atoms with van der Waals surface area (Å²) < 4.78 is 11.7. The molecule has 1 aliphatic heterocycles. The Kier molecular flexibility index (Phi) is 5.39. The van der Waals surface area contributed by atoms with Crippen molar-refractivity contribution in [3.8, 4) is 11.5 Å². The highest BCUT2D eigenvalue weighted by atomic mass is 79.9. The fourth-order valence-corrected chi connectivity index (χ4v) is 2.97. The molecule has 0 atom stereocenters. The summed E-state index contributed by atoms with van der Waals surface area (Å²) in [7, 11) is 3.15. The van der Waals surface area contributed by atoms with Crippen molar-refractivity contribution in [3.63, 3.8) is 0 Å². The standard InChI is InChI=1S/C14H19BrN2O3/c1-19-13-10(9-18)7-12(15)11(14(13)20-2)8-17-5-3-16-4-6-17/h7,9,16H,3-6,8H2,1-2H3. The van der Waals surface area contributed by atoms with Gasteiger partial charge in [-0.2, -0.15) is 0 Å². The van der Waals surface area contributed by atoms with Gasteiger partial charge in [0.05, 0.1) is 19.8 Å². The molecule has 1 saturated heterocycles. The molecular weight excluding hydrogens is 324 g/mol. The number of methoxy groups -OCH3 is 2. The van der Waals surface area contributed by atoms with E-state index in [-0.39, 0.29) is 0 Å². The topological polar surface area (TPSA) is 50.8 Å². The molecule has 0 spiro atoms. The van der Waals surface area contributed by atoms with E-state index in [1.54, 1.807) is 20.3 Å². The van der Waals surface area contributed by atoms with Gasteiger partial charge in [0, 0.05) is 42.8 Å². The van der Waals surface area contributed by atoms with Crippen molar-refractivity contribution in [2.24, 2.45) is 0 Å². The second-order valence-electron chi connectivity index (χ2n) is 4.64. The summed E-state index contributed by atoms with van der Waals surface area (Å²) in [6.07, 6.45) is 0.778. The van der Waals surface area contributed by atoms with Crippen molar-refractivity contribution in [3.05, 3.63) is 21.7 Å². The van der Waals surface area contributed by atoms with E-state index < -0.39 is 0 Å². The number of carbonyl (C=O) groups excluding carboxylic acids is 1. The number of hydrogen-bond donors (Lipinski definition) is 1. The number of benzene rings is 1. The van der Waals surface area contributed by atoms with Crippen molar-refractivity contribution in [2.45, 2.75) is 6.54 Å². The number of carbonyl (C=O) groups is 1. The van der Waals surface area contributed by atoms with E-state index in [2.05, 4.69) is 26.1 Å². The number of hydrogen-bond acceptors (Lipinski definition) is 5. The Balaban J connectivity index is 2.37. The molecule has 1 N–H and O–H groups in total. The van der Waals surface area contributed by atoms with Crippen LogP contribution >= 0.6 is 15.9 Å². The maximum Gasteiger partial charge on any atom is 0.171 e. The zero-order valence-corrected chi connectivity index (χ0v) is 13.3. The monoisotopic (exact) mass is 342 g/mol. The first-order valence-corrected chi connectivity index (χ1v) is 7.32. The molecule has 1 fully saturated rings. The van der Waals surface area contributed by atoms with E-state index >= 15 is 0 Å². The van der Waals surface area contributed by atoms with Crippen LogP contribution in [0.25, 0.3) is 0 Å². The number of rotatable bonds is 5. The fourth-order valence-electron chi connectivity index (χ4n) is 2.42. The van der Waals surface area contributed by atoms with Crippen LogP contribution in [0, 0.1) is 0 Å². The molecule has 0 unspecified atom stereocenters. The van der Waals surface area contributed by atoms with Crippen molar-refractivity contribution in [1.82, 2.24) is 10.2 Å². The van der Waals surface area contributed by atoms with E-state index in [0.717, 1.165) is 49.0 Å². The first-order chi connectivity index (χ1) is 9.71. The van der Waals surface area contributed by atoms with Crippen LogP contribution in [0.4, 0.5) is 0 Å². The molecule has 1 aliphatic rings. The zero-order chi connectivity index (χ0) is 14.5. The number of halogens is 1. The number of piperazine rings is 1. The fraction of sp³-hybridized carbons (Fsp3) is 0.500. The molecule has 0 saturated carbocycles. The van der Waals surface area contributed by atoms with Crippen LogP contribution < -0.4 is 14.8 Å². The highest BCUT2D eigenvalue weighted by molar-refractivity contribution is 9.10. The van der Waals surface area contributed by atoms with Gasteiger partial charge >= 0.3 is 0 Å². The van der Waals surface area contributed by atoms with Crippen LogP contribution in [0.3, 0.4) is 0 Å². The Morgan fingerprint density at radius 1 is 1.30 bits per heavy atom. The molecule has 0 aromatic heterocycles. The van der Waals surface area contributed by atoms with Crippen LogP contribution in [0.1, 0.15) is 15.9 Å². The Hall–Kier alpha value is -1.11. The van der Waals surface area contributed by atoms with E-state index in [4.69, 9.17) is 9.47 Å². The largest absolute Gasteiger partial charge is 0.492 e. The van der Waals surface area contributed by atoms with Gasteiger partial charge < -0.3 is 14.8 Å². The molecule has 0 amide bonds. The van der Waals surface area contributed by atoms with Crippen molar-refractivity contribution < 1.29 is 14.3 Å². The molecule has 1 heterocycles. The van der Waals surface area contributed by atoms with Gasteiger partial charge in [-0.1, -0.05) is 15.9 Å². The maximum atomic E-state index is 11.1. The quantitative estimate of drug-likeness (QED) is 0.825. The van der Waals surface area contributed by atoms with Gasteiger partial charge in [-0.25, -0.2) is 0 Å². The van der Waals surface area contributed by atoms with Gasteiger partial charge in [-0.3, -0.25) is 9.69 Å². The maximum absolute atomic E-state index is 11.1. The Morgan fingerprint density at radius 2 is 1.95 bits per heavy atom. The number of nitrogens with zero attached hydrogens (tertiary/aromatic N) is 1. The third-order valence-electron chi connectivity index (χ3n) is 3.44. The lowest BCUT2D eigenvalue weighted by atomic mass is 10.1. The molecule has 0 radical (unpaired) electrons. The molecule has 1 aromatic rings. The first kappa shape index (κ1) is 15.3. The van der Waals surface area contributed by atoms with Gasteiger partial charge in [0.1, 0.15) is 0 Å². The Labute approximate surface area is 127 Å². The molecule has 110 valence electrons. The summed E-state index contributed by atoms with van der Waals surface area (Å²) in [6, 6.07) is 1.78. The lowest BCUT2D eigenvalue weighted by Gasteiger charge is -2.28. The predicted octanol–water partition coefficient (Wildman–Crippen LogP) is 1.68. The van der Waals surface area contributed by atoms with Gasteiger partial charge in [-0.15, -0.1) is 0 Å². The summed E-state index contributed by atoms with van der Waals surface area (Å²) in [5.41, 5.74) is 1.50. The van der Waals surface area contributed by atoms with Gasteiger partial charge in [-0.05, 0) is 6.07 Å². The molecule has 1 aromatic carbocycles. The highest BCUT2D eigenvalue weighted by Crippen LogP contribution is 2.39. The van der Waals surface area contributed by atoms with Gasteiger partial charge in [0.25, 0.3) is 0 Å². The van der Waals surface area contributed by atoms with E-state index in [1.807, 2.05) is 0 Å². The minimum atomic E-state index is 0.486. The molecule has 20 heavy (non-hydrogen) atoms. The van der Waals surface area contributed by atoms with Crippen molar-refractivity contribution in [1.29, 1.82) is 0 Å². The summed E-state index contributed by atoms with van der Waals surface area (Å²) in [5.74, 6) is 1.12. The second kappa shape index (κ2) is 7.06. The van der Waals surface area contributed by atoms with Crippen LogP contribution in [0.15, 0.2) is 10.5 Å². The first-order valence-electron chi connectivity index (χ1n) is 6.52. The zero-order valence-electron chi connectivity index (χ0n) is 11.7. The van der Waals surface area contributed by atoms with E-state index in [9.17, 15) is 4.79 Å². The van der Waals surface area contributed by atoms with Crippen LogP contribution in [0.2, 0.25) is 0 Å². The normalized spacial score (nSPS) is 15.9. The molecular formula is C14H19BrN2O3. The van der Waals surface area contributed by atoms with Crippen LogP contribution in [-0.4, -0.2) is 51.6 Å². The lowest BCUT2D eigenvalue weighted by molar-refractivity contribution is 0.111. The predicted molar refractivity (Wildman–Crippen MR) is 80.8 cm³/mol. The van der Waals surface area contributed by atoms with E-state index in [1.165, 1.54) is 0 Å². The number of ether oxygens (including phenoxy) is 2. The van der Waals surface area contributed by atoms with Crippen molar-refractivity contribution in [2.75, 3.05) is 40.4 Å². The van der Waals surface area contributed by atoms with E-state index in [0.29, 0.717) is 17.1 Å². The Bertz CT molecular complexity index is 488. The summed E-state index contributed by atoms with van der Waals surface area (Å²) >= 11 is 3.53. The molecule has 5 nitrogen and oxygen atoms in total. The van der Waals surface area contributed by atoms with Gasteiger partial charge in [0.2, 0.25) is 0 Å². The minimum absolute atomic E-state index is 0.486. The molecule has 2 rings (SSSR count). The lowest BCUT2D eigenvalue weighted by Crippen LogP contribution is -2.43. The van der Waals surface area contributed by atoms with Gasteiger partial charge in [0.15, 0.2) is 17.8 Å². The average molecular weight is 343 g/mol. The summed E-state index contributed by atoms with van der Waals surface area (Å²) in [5, 5.41) is 3.33. The number of aldehydes is 1. The second-order valence-corrected chi connectivity index (χ2v) is 5.49.